The van der Waals surface area contributed by atoms with Crippen LogP contribution in [0.15, 0.2) is 65.1 Å². The lowest BCUT2D eigenvalue weighted by atomic mass is 10.1. The molecule has 2 N–H and O–H groups in total. The lowest BCUT2D eigenvalue weighted by Crippen LogP contribution is -2.34. The van der Waals surface area contributed by atoms with E-state index in [0.717, 1.165) is 22.4 Å². The van der Waals surface area contributed by atoms with Crippen LogP contribution >= 0.6 is 12.2 Å². The molecule has 1 aromatic heterocycles. The minimum absolute atomic E-state index is 0.211. The van der Waals surface area contributed by atoms with E-state index in [9.17, 15) is 4.79 Å². The Morgan fingerprint density at radius 3 is 2.53 bits per heavy atom. The Hall–Kier alpha value is -3.71. The number of amides is 1. The van der Waals surface area contributed by atoms with Crippen molar-refractivity contribution in [2.75, 3.05) is 11.9 Å². The predicted molar refractivity (Wildman–Crippen MR) is 130 cm³/mol. The van der Waals surface area contributed by atoms with Crippen molar-refractivity contribution in [1.29, 1.82) is 0 Å². The molecule has 1 amide bonds. The zero-order chi connectivity index (χ0) is 22.7. The molecule has 0 saturated heterocycles. The number of benzene rings is 3. The van der Waals surface area contributed by atoms with Gasteiger partial charge >= 0.3 is 0 Å². The number of hydrogen-bond donors (Lipinski definition) is 2. The van der Waals surface area contributed by atoms with E-state index in [-0.39, 0.29) is 11.0 Å². The molecule has 0 spiro atoms. The number of oxazole rings is 1. The van der Waals surface area contributed by atoms with E-state index in [1.54, 1.807) is 6.07 Å². The molecule has 0 bridgehead atoms. The first-order valence-corrected chi connectivity index (χ1v) is 10.7. The highest BCUT2D eigenvalue weighted by Crippen LogP contribution is 2.27. The molecule has 0 atom stereocenters. The standard InChI is InChI=1S/C25H23N3O3S/c1-4-30-20-10-7-17(8-11-20)24-27-21-14-19(9-12-22(21)31-24)26-25(32)28-23(29)18-6-5-15(2)16(3)13-18/h5-14H,4H2,1-3H3,(H2,26,28,29,32). The van der Waals surface area contributed by atoms with Gasteiger partial charge in [0.25, 0.3) is 5.91 Å². The fourth-order valence-corrected chi connectivity index (χ4v) is 3.42. The number of thiocarbonyl (C=S) groups is 1. The lowest BCUT2D eigenvalue weighted by Gasteiger charge is -2.10. The Labute approximate surface area is 191 Å². The van der Waals surface area contributed by atoms with Crippen LogP contribution in [0, 0.1) is 13.8 Å². The molecular weight excluding hydrogens is 422 g/mol. The Bertz CT molecular complexity index is 1300. The molecule has 4 aromatic rings. The second kappa shape index (κ2) is 9.20. The zero-order valence-corrected chi connectivity index (χ0v) is 18.9. The Balaban J connectivity index is 1.45. The van der Waals surface area contributed by atoms with Gasteiger partial charge in [-0.25, -0.2) is 4.98 Å². The first-order valence-electron chi connectivity index (χ1n) is 10.3. The van der Waals surface area contributed by atoms with Crippen LogP contribution < -0.4 is 15.4 Å². The third kappa shape index (κ3) is 4.78. The molecule has 0 saturated carbocycles. The number of nitrogens with zero attached hydrogens (tertiary/aromatic N) is 1. The Kier molecular flexibility index (Phi) is 6.18. The molecular formula is C25H23N3O3S. The predicted octanol–water partition coefficient (Wildman–Crippen LogP) is 5.64. The van der Waals surface area contributed by atoms with Gasteiger partial charge in [0.15, 0.2) is 10.7 Å². The minimum atomic E-state index is -0.258. The van der Waals surface area contributed by atoms with Gasteiger partial charge in [-0.05, 0) is 98.7 Å². The van der Waals surface area contributed by atoms with Crippen LogP contribution in [0.5, 0.6) is 5.75 Å². The third-order valence-corrected chi connectivity index (χ3v) is 5.26. The molecule has 0 unspecified atom stereocenters. The topological polar surface area (TPSA) is 76.4 Å². The largest absolute Gasteiger partial charge is 0.494 e. The molecule has 32 heavy (non-hydrogen) atoms. The molecule has 4 rings (SSSR count). The van der Waals surface area contributed by atoms with E-state index in [0.29, 0.717) is 34.8 Å². The summed E-state index contributed by atoms with van der Waals surface area (Å²) in [6.45, 7) is 6.54. The number of carbonyl (C=O) groups excluding carboxylic acids is 1. The highest BCUT2D eigenvalue weighted by Gasteiger charge is 2.12. The fraction of sp³-hybridized carbons (Fsp3) is 0.160. The molecule has 0 radical (unpaired) electrons. The summed E-state index contributed by atoms with van der Waals surface area (Å²) in [5.41, 5.74) is 5.64. The average Bonchev–Trinajstić information content (AvgIpc) is 3.19. The highest BCUT2D eigenvalue weighted by atomic mass is 32.1. The maximum Gasteiger partial charge on any atom is 0.257 e. The molecule has 3 aromatic carbocycles. The lowest BCUT2D eigenvalue weighted by molar-refractivity contribution is 0.0977. The van der Waals surface area contributed by atoms with Crippen molar-refractivity contribution in [1.82, 2.24) is 10.3 Å². The molecule has 162 valence electrons. The van der Waals surface area contributed by atoms with Crippen LogP contribution in [0.1, 0.15) is 28.4 Å². The monoisotopic (exact) mass is 445 g/mol. The number of ether oxygens (including phenoxy) is 1. The summed E-state index contributed by atoms with van der Waals surface area (Å²) in [4.78, 5) is 17.0. The maximum atomic E-state index is 12.5. The van der Waals surface area contributed by atoms with Crippen molar-refractivity contribution in [3.05, 3.63) is 77.4 Å². The van der Waals surface area contributed by atoms with Gasteiger partial charge in [0, 0.05) is 16.8 Å². The van der Waals surface area contributed by atoms with Gasteiger partial charge in [0.1, 0.15) is 11.3 Å². The highest BCUT2D eigenvalue weighted by molar-refractivity contribution is 7.80. The second-order valence-electron chi connectivity index (χ2n) is 7.37. The van der Waals surface area contributed by atoms with Crippen LogP contribution in [0.3, 0.4) is 0 Å². The van der Waals surface area contributed by atoms with E-state index in [1.807, 2.05) is 75.4 Å². The van der Waals surface area contributed by atoms with Gasteiger partial charge in [-0.3, -0.25) is 10.1 Å². The van der Waals surface area contributed by atoms with Gasteiger partial charge < -0.3 is 14.5 Å². The van der Waals surface area contributed by atoms with Gasteiger partial charge in [-0.15, -0.1) is 0 Å². The summed E-state index contributed by atoms with van der Waals surface area (Å²) >= 11 is 5.31. The first-order chi connectivity index (χ1) is 15.4. The van der Waals surface area contributed by atoms with E-state index in [1.165, 1.54) is 0 Å². The number of hydrogen-bond acceptors (Lipinski definition) is 5. The number of carbonyl (C=O) groups is 1. The zero-order valence-electron chi connectivity index (χ0n) is 18.1. The summed E-state index contributed by atoms with van der Waals surface area (Å²) in [6, 6.07) is 18.6. The van der Waals surface area contributed by atoms with Crippen molar-refractivity contribution in [3.63, 3.8) is 0 Å². The van der Waals surface area contributed by atoms with Crippen LogP contribution in [0.2, 0.25) is 0 Å². The molecule has 0 aliphatic carbocycles. The second-order valence-corrected chi connectivity index (χ2v) is 7.77. The maximum absolute atomic E-state index is 12.5. The first kappa shape index (κ1) is 21.5. The van der Waals surface area contributed by atoms with Crippen LogP contribution in [-0.4, -0.2) is 22.6 Å². The van der Waals surface area contributed by atoms with Crippen molar-refractivity contribution in [2.45, 2.75) is 20.8 Å². The van der Waals surface area contributed by atoms with E-state index in [2.05, 4.69) is 15.6 Å². The molecule has 1 heterocycles. The summed E-state index contributed by atoms with van der Waals surface area (Å²) < 4.78 is 11.3. The van der Waals surface area contributed by atoms with E-state index >= 15 is 0 Å². The van der Waals surface area contributed by atoms with E-state index < -0.39 is 0 Å². The van der Waals surface area contributed by atoms with Crippen LogP contribution in [0.4, 0.5) is 5.69 Å². The smallest absolute Gasteiger partial charge is 0.257 e. The SMILES string of the molecule is CCOc1ccc(-c2nc3cc(NC(=S)NC(=O)c4ccc(C)c(C)c4)ccc3o2)cc1. The number of nitrogens with one attached hydrogen (secondary N) is 2. The summed E-state index contributed by atoms with van der Waals surface area (Å²) in [5.74, 6) is 1.06. The quantitative estimate of drug-likeness (QED) is 0.387. The van der Waals surface area contributed by atoms with Gasteiger partial charge in [0.2, 0.25) is 5.89 Å². The van der Waals surface area contributed by atoms with Crippen LogP contribution in [-0.2, 0) is 0 Å². The number of anilines is 1. The normalized spacial score (nSPS) is 10.7. The summed E-state index contributed by atoms with van der Waals surface area (Å²) in [5, 5.41) is 5.96. The number of aryl methyl sites for hydroxylation is 2. The van der Waals surface area contributed by atoms with Crippen LogP contribution in [0.25, 0.3) is 22.6 Å². The average molecular weight is 446 g/mol. The van der Waals surface area contributed by atoms with Gasteiger partial charge in [0.05, 0.1) is 6.61 Å². The van der Waals surface area contributed by atoms with Gasteiger partial charge in [-0.2, -0.15) is 0 Å². The minimum Gasteiger partial charge on any atom is -0.494 e. The molecule has 0 aliphatic heterocycles. The molecule has 0 aliphatic rings. The molecule has 6 nitrogen and oxygen atoms in total. The Morgan fingerprint density at radius 2 is 1.81 bits per heavy atom. The molecule has 0 fully saturated rings. The van der Waals surface area contributed by atoms with Crippen molar-refractivity contribution < 1.29 is 13.9 Å². The van der Waals surface area contributed by atoms with Crippen molar-refractivity contribution in [2.24, 2.45) is 0 Å². The molecule has 7 heteroatoms. The Morgan fingerprint density at radius 1 is 1.03 bits per heavy atom. The summed E-state index contributed by atoms with van der Waals surface area (Å²) in [7, 11) is 0. The number of fused-ring (bicyclic) bond motifs is 1. The van der Waals surface area contributed by atoms with Crippen molar-refractivity contribution >= 4 is 40.0 Å². The third-order valence-electron chi connectivity index (χ3n) is 5.05. The number of aromatic nitrogens is 1. The summed E-state index contributed by atoms with van der Waals surface area (Å²) in [6.07, 6.45) is 0. The fourth-order valence-electron chi connectivity index (χ4n) is 3.21. The number of rotatable bonds is 5. The van der Waals surface area contributed by atoms with Gasteiger partial charge in [-0.1, -0.05) is 6.07 Å². The van der Waals surface area contributed by atoms with E-state index in [4.69, 9.17) is 21.4 Å². The van der Waals surface area contributed by atoms with Crippen molar-refractivity contribution in [3.8, 4) is 17.2 Å².